The van der Waals surface area contributed by atoms with Crippen LogP contribution in [0.5, 0.6) is 5.88 Å². The third-order valence-electron chi connectivity index (χ3n) is 5.74. The second-order valence-corrected chi connectivity index (χ2v) is 7.61. The van der Waals surface area contributed by atoms with Gasteiger partial charge in [0.1, 0.15) is 5.82 Å². The van der Waals surface area contributed by atoms with Crippen LogP contribution >= 0.6 is 0 Å². The van der Waals surface area contributed by atoms with Crippen molar-refractivity contribution < 1.29 is 18.3 Å². The highest BCUT2D eigenvalue weighted by Crippen LogP contribution is 2.34. The molecule has 0 aliphatic carbocycles. The minimum absolute atomic E-state index is 0.0103. The van der Waals surface area contributed by atoms with Gasteiger partial charge in [0.05, 0.1) is 18.2 Å². The van der Waals surface area contributed by atoms with Crippen molar-refractivity contribution in [3.63, 3.8) is 0 Å². The van der Waals surface area contributed by atoms with Crippen molar-refractivity contribution in [3.8, 4) is 5.88 Å². The molecule has 2 aliphatic heterocycles. The fraction of sp³-hybridized carbons (Fsp3) is 0.458. The van der Waals surface area contributed by atoms with Crippen LogP contribution < -0.4 is 4.74 Å². The molecule has 32 heavy (non-hydrogen) atoms. The minimum Gasteiger partial charge on any atom is -0.466 e. The summed E-state index contributed by atoms with van der Waals surface area (Å²) in [5, 5.41) is 0. The van der Waals surface area contributed by atoms with Gasteiger partial charge in [0, 0.05) is 38.0 Å². The molecule has 6 nitrogen and oxygen atoms in total. The SMILES string of the molecule is C=Cc1ccc(OC2CN(C(=O)C3CCCn4ccnc43)CCC2(F)F)nc1C=C.CC. The van der Waals surface area contributed by atoms with Crippen molar-refractivity contribution in [3.05, 3.63) is 54.8 Å². The number of hydrogen-bond acceptors (Lipinski definition) is 4. The summed E-state index contributed by atoms with van der Waals surface area (Å²) in [5.74, 6) is -2.86. The molecule has 172 valence electrons. The quantitative estimate of drug-likeness (QED) is 0.666. The summed E-state index contributed by atoms with van der Waals surface area (Å²) < 4.78 is 36.8. The van der Waals surface area contributed by atoms with Crippen molar-refractivity contribution >= 4 is 18.1 Å². The molecule has 0 N–H and O–H groups in total. The van der Waals surface area contributed by atoms with Crippen LogP contribution in [0.1, 0.15) is 56.1 Å². The van der Waals surface area contributed by atoms with Crippen LogP contribution in [0.2, 0.25) is 0 Å². The zero-order chi connectivity index (χ0) is 23.3. The maximum atomic E-state index is 14.6. The predicted octanol–water partition coefficient (Wildman–Crippen LogP) is 4.78. The van der Waals surface area contributed by atoms with Crippen molar-refractivity contribution in [2.24, 2.45) is 0 Å². The number of rotatable bonds is 5. The summed E-state index contributed by atoms with van der Waals surface area (Å²) in [6.07, 6.45) is 6.24. The summed E-state index contributed by atoms with van der Waals surface area (Å²) >= 11 is 0. The van der Waals surface area contributed by atoms with Gasteiger partial charge in [0.25, 0.3) is 5.92 Å². The maximum absolute atomic E-state index is 14.6. The molecule has 0 aromatic carbocycles. The molecule has 2 atom stereocenters. The lowest BCUT2D eigenvalue weighted by atomic mass is 9.95. The fourth-order valence-corrected chi connectivity index (χ4v) is 4.08. The van der Waals surface area contributed by atoms with Gasteiger partial charge < -0.3 is 14.2 Å². The van der Waals surface area contributed by atoms with E-state index in [9.17, 15) is 13.6 Å². The number of ether oxygens (including phenoxy) is 1. The van der Waals surface area contributed by atoms with Gasteiger partial charge in [-0.1, -0.05) is 33.1 Å². The number of hydrogen-bond donors (Lipinski definition) is 0. The zero-order valence-corrected chi connectivity index (χ0v) is 18.6. The van der Waals surface area contributed by atoms with Crippen molar-refractivity contribution in [1.29, 1.82) is 0 Å². The number of carbonyl (C=O) groups excluding carboxylic acids is 1. The Kier molecular flexibility index (Phi) is 7.43. The molecule has 1 fully saturated rings. The van der Waals surface area contributed by atoms with Crippen LogP contribution in [0.3, 0.4) is 0 Å². The smallest absolute Gasteiger partial charge is 0.287 e. The molecule has 0 saturated carbocycles. The highest BCUT2D eigenvalue weighted by atomic mass is 19.3. The molecule has 0 spiro atoms. The first kappa shape index (κ1) is 23.6. The number of pyridine rings is 1. The second kappa shape index (κ2) is 10.1. The number of piperidine rings is 1. The van der Waals surface area contributed by atoms with Gasteiger partial charge >= 0.3 is 0 Å². The molecule has 4 rings (SSSR count). The van der Waals surface area contributed by atoms with Crippen LogP contribution in [-0.2, 0) is 11.3 Å². The van der Waals surface area contributed by atoms with Gasteiger partial charge in [-0.3, -0.25) is 4.79 Å². The van der Waals surface area contributed by atoms with Crippen LogP contribution in [0.4, 0.5) is 8.78 Å². The van der Waals surface area contributed by atoms with Crippen molar-refractivity contribution in [2.75, 3.05) is 13.1 Å². The van der Waals surface area contributed by atoms with E-state index in [1.807, 2.05) is 24.6 Å². The van der Waals surface area contributed by atoms with Crippen LogP contribution in [0.25, 0.3) is 12.2 Å². The lowest BCUT2D eigenvalue weighted by Gasteiger charge is -2.39. The Balaban J connectivity index is 0.00000141. The van der Waals surface area contributed by atoms with E-state index in [4.69, 9.17) is 4.74 Å². The topological polar surface area (TPSA) is 60.2 Å². The molecule has 0 radical (unpaired) electrons. The Morgan fingerprint density at radius 1 is 1.25 bits per heavy atom. The molecular weight excluding hydrogens is 414 g/mol. The number of amides is 1. The molecule has 1 saturated heterocycles. The lowest BCUT2D eigenvalue weighted by Crippen LogP contribution is -2.56. The van der Waals surface area contributed by atoms with E-state index in [0.29, 0.717) is 17.9 Å². The van der Waals surface area contributed by atoms with Crippen LogP contribution in [-0.4, -0.2) is 50.5 Å². The first-order valence-corrected chi connectivity index (χ1v) is 11.0. The summed E-state index contributed by atoms with van der Waals surface area (Å²) in [6.45, 7) is 12.0. The molecular formula is C24H30F2N4O2. The standard InChI is InChI=1S/C22H24F2N4O2.C2H6/c1-3-15-7-8-19(26-17(15)4-2)30-18-14-28(12-9-22(18,23)24)21(29)16-6-5-11-27-13-10-25-20(16)27;1-2/h3-4,7-8,10,13,16,18H,1-2,5-6,9,11-12,14H2;1-2H3. The van der Waals surface area contributed by atoms with Gasteiger partial charge in [-0.25, -0.2) is 18.7 Å². The fourth-order valence-electron chi connectivity index (χ4n) is 4.08. The van der Waals surface area contributed by atoms with Gasteiger partial charge in [-0.2, -0.15) is 0 Å². The maximum Gasteiger partial charge on any atom is 0.287 e. The first-order chi connectivity index (χ1) is 15.4. The van der Waals surface area contributed by atoms with Crippen molar-refractivity contribution in [1.82, 2.24) is 19.4 Å². The summed E-state index contributed by atoms with van der Waals surface area (Å²) in [5.41, 5.74) is 1.24. The third-order valence-corrected chi connectivity index (χ3v) is 5.74. The van der Waals surface area contributed by atoms with E-state index in [1.54, 1.807) is 18.3 Å². The van der Waals surface area contributed by atoms with E-state index in [0.717, 1.165) is 18.5 Å². The van der Waals surface area contributed by atoms with E-state index >= 15 is 0 Å². The van der Waals surface area contributed by atoms with E-state index < -0.39 is 24.4 Å². The van der Waals surface area contributed by atoms with E-state index in [1.165, 1.54) is 17.0 Å². The largest absolute Gasteiger partial charge is 0.466 e. The second-order valence-electron chi connectivity index (χ2n) is 7.61. The molecule has 1 amide bonds. The molecule has 2 aliphatic rings. The third kappa shape index (κ3) is 4.74. The number of aromatic nitrogens is 3. The molecule has 2 unspecified atom stereocenters. The lowest BCUT2D eigenvalue weighted by molar-refractivity contribution is -0.158. The normalized spacial score (nSPS) is 21.6. The van der Waals surface area contributed by atoms with Gasteiger partial charge in [0.2, 0.25) is 11.8 Å². The average molecular weight is 445 g/mol. The Labute approximate surface area is 187 Å². The Hall–Kier alpha value is -3.03. The number of halogens is 2. The van der Waals surface area contributed by atoms with E-state index in [-0.39, 0.29) is 24.9 Å². The molecule has 2 aromatic rings. The number of carbonyl (C=O) groups is 1. The van der Waals surface area contributed by atoms with Gasteiger partial charge in [0.15, 0.2) is 6.10 Å². The summed E-state index contributed by atoms with van der Waals surface area (Å²) in [7, 11) is 0. The number of nitrogens with zero attached hydrogens (tertiary/aromatic N) is 4. The number of likely N-dealkylation sites (tertiary alicyclic amines) is 1. The predicted molar refractivity (Wildman–Crippen MR) is 121 cm³/mol. The monoisotopic (exact) mass is 444 g/mol. The highest BCUT2D eigenvalue weighted by Gasteiger charge is 2.48. The molecule has 8 heteroatoms. The van der Waals surface area contributed by atoms with Gasteiger partial charge in [-0.05, 0) is 30.5 Å². The summed E-state index contributed by atoms with van der Waals surface area (Å²) in [6, 6.07) is 3.22. The number of aryl methyl sites for hydroxylation is 1. The number of fused-ring (bicyclic) bond motifs is 1. The van der Waals surface area contributed by atoms with Crippen molar-refractivity contribution in [2.45, 2.75) is 57.6 Å². The van der Waals surface area contributed by atoms with Crippen LogP contribution in [0, 0.1) is 0 Å². The minimum atomic E-state index is -3.06. The molecule has 4 heterocycles. The number of imidazole rings is 1. The summed E-state index contributed by atoms with van der Waals surface area (Å²) in [4.78, 5) is 23.2. The zero-order valence-electron chi connectivity index (χ0n) is 18.6. The molecule has 0 bridgehead atoms. The van der Waals surface area contributed by atoms with Crippen LogP contribution in [0.15, 0.2) is 37.7 Å². The number of alkyl halides is 2. The highest BCUT2D eigenvalue weighted by molar-refractivity contribution is 5.83. The Morgan fingerprint density at radius 3 is 2.75 bits per heavy atom. The Bertz CT molecular complexity index is 973. The van der Waals surface area contributed by atoms with Gasteiger partial charge in [-0.15, -0.1) is 0 Å². The first-order valence-electron chi connectivity index (χ1n) is 11.0. The molecule has 2 aromatic heterocycles. The Morgan fingerprint density at radius 2 is 2.03 bits per heavy atom. The average Bonchev–Trinajstić information content (AvgIpc) is 3.30. The van der Waals surface area contributed by atoms with E-state index in [2.05, 4.69) is 23.1 Å².